The maximum atomic E-state index is 8.88. The first-order valence-electron chi connectivity index (χ1n) is 6.96. The van der Waals surface area contributed by atoms with Crippen LogP contribution in [0.4, 0.5) is 0 Å². The van der Waals surface area contributed by atoms with E-state index in [1.165, 1.54) is 0 Å². The molecule has 5 nitrogen and oxygen atoms in total. The highest BCUT2D eigenvalue weighted by molar-refractivity contribution is 5.58. The molecule has 0 radical (unpaired) electrons. The monoisotopic (exact) mass is 275 g/mol. The van der Waals surface area contributed by atoms with Crippen LogP contribution >= 0.6 is 0 Å². The Kier molecular flexibility index (Phi) is 5.26. The fourth-order valence-electron chi connectivity index (χ4n) is 2.09. The zero-order valence-electron chi connectivity index (χ0n) is 12.0. The van der Waals surface area contributed by atoms with Crippen molar-refractivity contribution in [2.24, 2.45) is 0 Å². The van der Waals surface area contributed by atoms with Crippen molar-refractivity contribution >= 4 is 0 Å². The van der Waals surface area contributed by atoms with E-state index in [9.17, 15) is 0 Å². The number of nitrogens with zero attached hydrogens (tertiary/aromatic N) is 3. The van der Waals surface area contributed by atoms with E-state index in [2.05, 4.69) is 22.0 Å². The van der Waals surface area contributed by atoms with E-state index in [1.54, 1.807) is 0 Å². The van der Waals surface area contributed by atoms with Crippen molar-refractivity contribution in [1.29, 1.82) is 0 Å². The fourth-order valence-corrected chi connectivity index (χ4v) is 2.09. The first-order chi connectivity index (χ1) is 9.74. The molecule has 0 aliphatic carbocycles. The van der Waals surface area contributed by atoms with Crippen molar-refractivity contribution in [2.45, 2.75) is 26.8 Å². The summed E-state index contributed by atoms with van der Waals surface area (Å²) in [6, 6.07) is 7.99. The van der Waals surface area contributed by atoms with E-state index in [0.717, 1.165) is 30.6 Å². The van der Waals surface area contributed by atoms with Crippen LogP contribution < -0.4 is 0 Å². The quantitative estimate of drug-likeness (QED) is 0.839. The van der Waals surface area contributed by atoms with Crippen LogP contribution in [0.3, 0.4) is 0 Å². The Hall–Kier alpha value is -1.72. The number of aliphatic hydroxyl groups is 1. The van der Waals surface area contributed by atoms with Crippen molar-refractivity contribution in [3.05, 3.63) is 35.7 Å². The molecule has 2 aromatic rings. The lowest BCUT2D eigenvalue weighted by atomic mass is 10.1. The molecule has 0 unspecified atom stereocenters. The second-order valence-electron chi connectivity index (χ2n) is 4.77. The van der Waals surface area contributed by atoms with Gasteiger partial charge in [-0.3, -0.25) is 4.90 Å². The summed E-state index contributed by atoms with van der Waals surface area (Å²) in [5, 5.41) is 12.9. The molecule has 0 fully saturated rings. The standard InChI is InChI=1S/C15H21N3O2/c1-3-18(9-6-10-19)11-14-16-15(17-20-14)13-8-5-4-7-12(13)2/h4-5,7-8,19H,3,6,9-11H2,1-2H3. The molecule has 0 amide bonds. The van der Waals surface area contributed by atoms with Crippen molar-refractivity contribution < 1.29 is 9.63 Å². The lowest BCUT2D eigenvalue weighted by Crippen LogP contribution is -2.24. The average Bonchev–Trinajstić information content (AvgIpc) is 2.92. The zero-order valence-corrected chi connectivity index (χ0v) is 12.0. The number of hydrogen-bond acceptors (Lipinski definition) is 5. The Morgan fingerprint density at radius 1 is 1.30 bits per heavy atom. The van der Waals surface area contributed by atoms with Gasteiger partial charge in [0.1, 0.15) is 0 Å². The Balaban J connectivity index is 2.07. The first-order valence-corrected chi connectivity index (χ1v) is 6.96. The molecule has 1 heterocycles. The van der Waals surface area contributed by atoms with Crippen molar-refractivity contribution in [3.8, 4) is 11.4 Å². The van der Waals surface area contributed by atoms with E-state index in [4.69, 9.17) is 9.63 Å². The fraction of sp³-hybridized carbons (Fsp3) is 0.467. The van der Waals surface area contributed by atoms with Gasteiger partial charge in [-0.1, -0.05) is 36.3 Å². The molecule has 1 aromatic heterocycles. The second-order valence-corrected chi connectivity index (χ2v) is 4.77. The highest BCUT2D eigenvalue weighted by Gasteiger charge is 2.12. The molecule has 0 bridgehead atoms. The number of aromatic nitrogens is 2. The zero-order chi connectivity index (χ0) is 14.4. The van der Waals surface area contributed by atoms with Crippen LogP contribution in [-0.4, -0.2) is 39.8 Å². The molecule has 1 aromatic carbocycles. The molecule has 2 rings (SSSR count). The van der Waals surface area contributed by atoms with Crippen LogP contribution in [0.15, 0.2) is 28.8 Å². The Morgan fingerprint density at radius 2 is 2.10 bits per heavy atom. The molecule has 0 saturated heterocycles. The molecule has 0 aliphatic heterocycles. The van der Waals surface area contributed by atoms with Crippen LogP contribution in [-0.2, 0) is 6.54 Å². The Morgan fingerprint density at radius 3 is 2.80 bits per heavy atom. The van der Waals surface area contributed by atoms with Gasteiger partial charge < -0.3 is 9.63 Å². The lowest BCUT2D eigenvalue weighted by Gasteiger charge is -2.16. The first kappa shape index (κ1) is 14.7. The van der Waals surface area contributed by atoms with E-state index in [0.29, 0.717) is 18.3 Å². The van der Waals surface area contributed by atoms with Gasteiger partial charge in [-0.15, -0.1) is 0 Å². The minimum absolute atomic E-state index is 0.203. The molecule has 0 atom stereocenters. The average molecular weight is 275 g/mol. The van der Waals surface area contributed by atoms with Gasteiger partial charge in [0, 0.05) is 18.7 Å². The topological polar surface area (TPSA) is 62.4 Å². The number of aryl methyl sites for hydroxylation is 1. The number of benzene rings is 1. The minimum atomic E-state index is 0.203. The molecule has 20 heavy (non-hydrogen) atoms. The van der Waals surface area contributed by atoms with Crippen molar-refractivity contribution in [1.82, 2.24) is 15.0 Å². The van der Waals surface area contributed by atoms with Crippen LogP contribution in [0.1, 0.15) is 24.8 Å². The minimum Gasteiger partial charge on any atom is -0.396 e. The van der Waals surface area contributed by atoms with Gasteiger partial charge in [-0.25, -0.2) is 0 Å². The summed E-state index contributed by atoms with van der Waals surface area (Å²) in [4.78, 5) is 6.63. The third kappa shape index (κ3) is 3.65. The Labute approximate surface area is 119 Å². The predicted octanol–water partition coefficient (Wildman–Crippen LogP) is 2.25. The molecular weight excluding hydrogens is 254 g/mol. The predicted molar refractivity (Wildman–Crippen MR) is 77.1 cm³/mol. The highest BCUT2D eigenvalue weighted by Crippen LogP contribution is 2.20. The van der Waals surface area contributed by atoms with Gasteiger partial charge in [-0.2, -0.15) is 4.98 Å². The van der Waals surface area contributed by atoms with E-state index in [1.807, 2.05) is 31.2 Å². The van der Waals surface area contributed by atoms with Crippen LogP contribution in [0.25, 0.3) is 11.4 Å². The molecule has 0 aliphatic rings. The summed E-state index contributed by atoms with van der Waals surface area (Å²) < 4.78 is 5.32. The summed E-state index contributed by atoms with van der Waals surface area (Å²) in [7, 11) is 0. The maximum Gasteiger partial charge on any atom is 0.241 e. The van der Waals surface area contributed by atoms with E-state index >= 15 is 0 Å². The lowest BCUT2D eigenvalue weighted by molar-refractivity contribution is 0.205. The maximum absolute atomic E-state index is 8.88. The molecule has 1 N–H and O–H groups in total. The highest BCUT2D eigenvalue weighted by atomic mass is 16.5. The number of aliphatic hydroxyl groups excluding tert-OH is 1. The van der Waals surface area contributed by atoms with E-state index in [-0.39, 0.29) is 6.61 Å². The summed E-state index contributed by atoms with van der Waals surface area (Å²) in [6.07, 6.45) is 0.757. The SMILES string of the molecule is CCN(CCCO)Cc1nc(-c2ccccc2C)no1. The summed E-state index contributed by atoms with van der Waals surface area (Å²) in [6.45, 7) is 6.66. The molecule has 108 valence electrons. The smallest absolute Gasteiger partial charge is 0.241 e. The second kappa shape index (κ2) is 7.17. The van der Waals surface area contributed by atoms with Gasteiger partial charge in [-0.05, 0) is 25.5 Å². The molecule has 5 heteroatoms. The third-order valence-electron chi connectivity index (χ3n) is 3.29. The molecule has 0 spiro atoms. The molecule has 0 saturated carbocycles. The van der Waals surface area contributed by atoms with Crippen molar-refractivity contribution in [3.63, 3.8) is 0 Å². The molecular formula is C15H21N3O2. The van der Waals surface area contributed by atoms with Gasteiger partial charge in [0.2, 0.25) is 11.7 Å². The largest absolute Gasteiger partial charge is 0.396 e. The van der Waals surface area contributed by atoms with Gasteiger partial charge in [0.15, 0.2) is 0 Å². The third-order valence-corrected chi connectivity index (χ3v) is 3.29. The summed E-state index contributed by atoms with van der Waals surface area (Å²) >= 11 is 0. The van der Waals surface area contributed by atoms with Crippen LogP contribution in [0, 0.1) is 6.92 Å². The van der Waals surface area contributed by atoms with Crippen LogP contribution in [0.5, 0.6) is 0 Å². The number of rotatable bonds is 7. The van der Waals surface area contributed by atoms with Gasteiger partial charge in [0.05, 0.1) is 6.54 Å². The number of hydrogen-bond donors (Lipinski definition) is 1. The summed E-state index contributed by atoms with van der Waals surface area (Å²) in [5.74, 6) is 1.25. The van der Waals surface area contributed by atoms with E-state index < -0.39 is 0 Å². The van der Waals surface area contributed by atoms with Crippen LogP contribution in [0.2, 0.25) is 0 Å². The Bertz CT molecular complexity index is 539. The van der Waals surface area contributed by atoms with Gasteiger partial charge in [0.25, 0.3) is 0 Å². The van der Waals surface area contributed by atoms with Crippen molar-refractivity contribution in [2.75, 3.05) is 19.7 Å². The normalized spacial score (nSPS) is 11.2. The van der Waals surface area contributed by atoms with Gasteiger partial charge >= 0.3 is 0 Å². The summed E-state index contributed by atoms with van der Waals surface area (Å²) in [5.41, 5.74) is 2.13.